The second-order valence-electron chi connectivity index (χ2n) is 5.52. The molecule has 0 saturated heterocycles. The summed E-state index contributed by atoms with van der Waals surface area (Å²) in [6, 6.07) is 7.10. The van der Waals surface area contributed by atoms with Gasteiger partial charge in [-0.15, -0.1) is 0 Å². The van der Waals surface area contributed by atoms with Crippen LogP contribution in [0.25, 0.3) is 0 Å². The summed E-state index contributed by atoms with van der Waals surface area (Å²) >= 11 is 0. The van der Waals surface area contributed by atoms with Crippen LogP contribution in [0.15, 0.2) is 44.5 Å². The van der Waals surface area contributed by atoms with Crippen LogP contribution in [0.3, 0.4) is 0 Å². The number of nitrogens with one attached hydrogen (secondary N) is 2. The fourth-order valence-electron chi connectivity index (χ4n) is 2.22. The van der Waals surface area contributed by atoms with Crippen LogP contribution < -0.4 is 10.7 Å². The van der Waals surface area contributed by atoms with Gasteiger partial charge in [-0.05, 0) is 36.6 Å². The lowest BCUT2D eigenvalue weighted by Gasteiger charge is -2.01. The lowest BCUT2D eigenvalue weighted by atomic mass is 10.3. The standard InChI is InChI=1S/C16H17N3O4/c1-10-7-13(10)14-5-4-12(23-14)9-18-19-16(21)15(20)17-8-11-3-2-6-22-11/h2-6,9-10,13H,7-8H2,1H3,(H,17,20)(H,19,21)/b18-9-/t10-,13-/m0/s1. The third kappa shape index (κ3) is 3.88. The number of hydrazone groups is 1. The maximum absolute atomic E-state index is 11.6. The molecule has 1 aliphatic carbocycles. The van der Waals surface area contributed by atoms with Crippen molar-refractivity contribution < 1.29 is 18.4 Å². The van der Waals surface area contributed by atoms with Crippen LogP contribution in [0.1, 0.15) is 36.5 Å². The highest BCUT2D eigenvalue weighted by Gasteiger charge is 2.36. The van der Waals surface area contributed by atoms with Gasteiger partial charge in [0.2, 0.25) is 0 Å². The van der Waals surface area contributed by atoms with Crippen molar-refractivity contribution in [2.45, 2.75) is 25.8 Å². The summed E-state index contributed by atoms with van der Waals surface area (Å²) in [4.78, 5) is 23.1. The molecule has 1 fully saturated rings. The molecular formula is C16H17N3O4. The second-order valence-corrected chi connectivity index (χ2v) is 5.52. The summed E-state index contributed by atoms with van der Waals surface area (Å²) in [5, 5.41) is 6.14. The number of carbonyl (C=O) groups excluding carboxylic acids is 2. The number of hydrogen-bond acceptors (Lipinski definition) is 5. The van der Waals surface area contributed by atoms with Crippen molar-refractivity contribution in [3.05, 3.63) is 47.8 Å². The SMILES string of the molecule is C[C@H]1C[C@@H]1c1ccc(/C=N\NC(=O)C(=O)NCc2ccco2)o1. The van der Waals surface area contributed by atoms with E-state index in [1.165, 1.54) is 12.5 Å². The van der Waals surface area contributed by atoms with Crippen LogP contribution in [-0.2, 0) is 16.1 Å². The van der Waals surface area contributed by atoms with Crippen molar-refractivity contribution in [2.75, 3.05) is 0 Å². The summed E-state index contributed by atoms with van der Waals surface area (Å²) in [6.45, 7) is 2.31. The summed E-state index contributed by atoms with van der Waals surface area (Å²) in [7, 11) is 0. The monoisotopic (exact) mass is 315 g/mol. The lowest BCUT2D eigenvalue weighted by Crippen LogP contribution is -2.37. The Morgan fingerprint density at radius 1 is 1.35 bits per heavy atom. The zero-order chi connectivity index (χ0) is 16.2. The number of furan rings is 2. The van der Waals surface area contributed by atoms with Crippen LogP contribution in [0.2, 0.25) is 0 Å². The number of amides is 2. The topological polar surface area (TPSA) is 96.8 Å². The number of hydrogen-bond donors (Lipinski definition) is 2. The van der Waals surface area contributed by atoms with Crippen molar-refractivity contribution in [1.82, 2.24) is 10.7 Å². The molecule has 2 atom stereocenters. The average Bonchev–Trinajstić information content (AvgIpc) is 2.99. The molecule has 0 bridgehead atoms. The molecule has 1 aliphatic rings. The van der Waals surface area contributed by atoms with Crippen molar-refractivity contribution in [3.63, 3.8) is 0 Å². The minimum Gasteiger partial charge on any atom is -0.467 e. The Balaban J connectivity index is 1.44. The normalized spacial score (nSPS) is 19.7. The predicted molar refractivity (Wildman–Crippen MR) is 81.5 cm³/mol. The van der Waals surface area contributed by atoms with Gasteiger partial charge in [0, 0.05) is 5.92 Å². The first-order chi connectivity index (χ1) is 11.1. The van der Waals surface area contributed by atoms with Crippen molar-refractivity contribution in [3.8, 4) is 0 Å². The Morgan fingerprint density at radius 3 is 2.87 bits per heavy atom. The minimum atomic E-state index is -0.851. The molecule has 2 N–H and O–H groups in total. The van der Waals surface area contributed by atoms with E-state index >= 15 is 0 Å². The van der Waals surface area contributed by atoms with E-state index in [-0.39, 0.29) is 6.54 Å². The summed E-state index contributed by atoms with van der Waals surface area (Å²) in [6.07, 6.45) is 4.00. The van der Waals surface area contributed by atoms with Gasteiger partial charge in [-0.2, -0.15) is 5.10 Å². The lowest BCUT2D eigenvalue weighted by molar-refractivity contribution is -0.139. The first kappa shape index (κ1) is 15.1. The highest BCUT2D eigenvalue weighted by atomic mass is 16.3. The zero-order valence-electron chi connectivity index (χ0n) is 12.6. The van der Waals surface area contributed by atoms with Gasteiger partial charge < -0.3 is 14.2 Å². The number of nitrogens with zero attached hydrogens (tertiary/aromatic N) is 1. The smallest absolute Gasteiger partial charge is 0.329 e. The van der Waals surface area contributed by atoms with Gasteiger partial charge in [0.15, 0.2) is 0 Å². The Hall–Kier alpha value is -2.83. The first-order valence-corrected chi connectivity index (χ1v) is 7.37. The van der Waals surface area contributed by atoms with Crippen LogP contribution >= 0.6 is 0 Å². The summed E-state index contributed by atoms with van der Waals surface area (Å²) < 4.78 is 10.7. The van der Waals surface area contributed by atoms with Crippen molar-refractivity contribution in [2.24, 2.45) is 11.0 Å². The molecule has 2 aromatic rings. The maximum Gasteiger partial charge on any atom is 0.329 e. The van der Waals surface area contributed by atoms with E-state index in [0.717, 1.165) is 12.2 Å². The molecule has 1 saturated carbocycles. The quantitative estimate of drug-likeness (QED) is 0.499. The van der Waals surface area contributed by atoms with Gasteiger partial charge in [-0.25, -0.2) is 5.43 Å². The minimum absolute atomic E-state index is 0.143. The van der Waals surface area contributed by atoms with E-state index in [0.29, 0.717) is 23.4 Å². The Morgan fingerprint density at radius 2 is 2.17 bits per heavy atom. The Kier molecular flexibility index (Phi) is 4.27. The van der Waals surface area contributed by atoms with Gasteiger partial charge in [0.05, 0.1) is 19.0 Å². The molecular weight excluding hydrogens is 298 g/mol. The number of rotatable bonds is 5. The predicted octanol–water partition coefficient (Wildman–Crippen LogP) is 1.76. The summed E-state index contributed by atoms with van der Waals surface area (Å²) in [5.41, 5.74) is 2.15. The molecule has 0 unspecified atom stereocenters. The van der Waals surface area contributed by atoms with Crippen LogP contribution in [0.5, 0.6) is 0 Å². The van der Waals surface area contributed by atoms with Gasteiger partial charge in [0.1, 0.15) is 17.3 Å². The molecule has 0 aromatic carbocycles. The van der Waals surface area contributed by atoms with Gasteiger partial charge >= 0.3 is 11.8 Å². The summed E-state index contributed by atoms with van der Waals surface area (Å²) in [5.74, 6) is 1.53. The highest BCUT2D eigenvalue weighted by molar-refractivity contribution is 6.35. The zero-order valence-corrected chi connectivity index (χ0v) is 12.6. The van der Waals surface area contributed by atoms with Crippen LogP contribution in [0.4, 0.5) is 0 Å². The van der Waals surface area contributed by atoms with E-state index in [9.17, 15) is 9.59 Å². The molecule has 120 valence electrons. The second kappa shape index (κ2) is 6.51. The third-order valence-corrected chi connectivity index (χ3v) is 3.69. The molecule has 2 aromatic heterocycles. The Labute approximate surface area is 132 Å². The van der Waals surface area contributed by atoms with Crippen molar-refractivity contribution >= 4 is 18.0 Å². The average molecular weight is 315 g/mol. The van der Waals surface area contributed by atoms with Gasteiger partial charge in [-0.1, -0.05) is 6.92 Å². The van der Waals surface area contributed by atoms with Crippen molar-refractivity contribution in [1.29, 1.82) is 0 Å². The van der Waals surface area contributed by atoms with Crippen LogP contribution in [-0.4, -0.2) is 18.0 Å². The van der Waals surface area contributed by atoms with Gasteiger partial charge in [-0.3, -0.25) is 9.59 Å². The van der Waals surface area contributed by atoms with Crippen LogP contribution in [0, 0.1) is 5.92 Å². The third-order valence-electron chi connectivity index (χ3n) is 3.69. The molecule has 0 radical (unpaired) electrons. The molecule has 23 heavy (non-hydrogen) atoms. The molecule has 7 nitrogen and oxygen atoms in total. The van der Waals surface area contributed by atoms with E-state index < -0.39 is 11.8 Å². The van der Waals surface area contributed by atoms with E-state index in [2.05, 4.69) is 22.8 Å². The number of carbonyl (C=O) groups is 2. The highest BCUT2D eigenvalue weighted by Crippen LogP contribution is 2.47. The molecule has 3 rings (SSSR count). The molecule has 2 amide bonds. The fraction of sp³-hybridized carbons (Fsp3) is 0.312. The van der Waals surface area contributed by atoms with E-state index in [4.69, 9.17) is 8.83 Å². The van der Waals surface area contributed by atoms with E-state index in [1.807, 2.05) is 6.07 Å². The molecule has 0 aliphatic heterocycles. The Bertz CT molecular complexity index is 718. The largest absolute Gasteiger partial charge is 0.467 e. The first-order valence-electron chi connectivity index (χ1n) is 7.37. The van der Waals surface area contributed by atoms with E-state index in [1.54, 1.807) is 18.2 Å². The molecule has 2 heterocycles. The molecule has 0 spiro atoms. The fourth-order valence-corrected chi connectivity index (χ4v) is 2.22. The maximum atomic E-state index is 11.6. The van der Waals surface area contributed by atoms with Gasteiger partial charge in [0.25, 0.3) is 0 Å². The molecule has 7 heteroatoms.